The summed E-state index contributed by atoms with van der Waals surface area (Å²) >= 11 is 0. The molecule has 96 valence electrons. The van der Waals surface area contributed by atoms with E-state index < -0.39 is 10.8 Å². The number of nitrogens with two attached hydrogens (primary N) is 1. The smallest absolute Gasteiger partial charge is 0.0428 e. The fourth-order valence-electron chi connectivity index (χ4n) is 1.73. The van der Waals surface area contributed by atoms with Gasteiger partial charge in [-0.3, -0.25) is 4.21 Å². The Morgan fingerprint density at radius 2 is 1.82 bits per heavy atom. The first-order chi connectivity index (χ1) is 7.90. The molecule has 3 heteroatoms. The molecule has 0 fully saturated rings. The SMILES string of the molecule is Cc1ccc(C(N)CS(=O)CC(C)C)cc1C. The monoisotopic (exact) mass is 253 g/mol. The third-order valence-electron chi connectivity index (χ3n) is 2.84. The molecule has 17 heavy (non-hydrogen) atoms. The third-order valence-corrected chi connectivity index (χ3v) is 4.61. The average Bonchev–Trinajstić information content (AvgIpc) is 2.20. The summed E-state index contributed by atoms with van der Waals surface area (Å²) in [6, 6.07) is 6.11. The Morgan fingerprint density at radius 3 is 2.35 bits per heavy atom. The summed E-state index contributed by atoms with van der Waals surface area (Å²) in [6.07, 6.45) is 0. The van der Waals surface area contributed by atoms with Gasteiger partial charge >= 0.3 is 0 Å². The summed E-state index contributed by atoms with van der Waals surface area (Å²) in [5, 5.41) is 0. The van der Waals surface area contributed by atoms with Gasteiger partial charge in [-0.25, -0.2) is 0 Å². The second-order valence-electron chi connectivity index (χ2n) is 5.12. The van der Waals surface area contributed by atoms with E-state index in [4.69, 9.17) is 5.73 Å². The first-order valence-electron chi connectivity index (χ1n) is 6.08. The van der Waals surface area contributed by atoms with E-state index in [2.05, 4.69) is 39.8 Å². The summed E-state index contributed by atoms with van der Waals surface area (Å²) < 4.78 is 11.8. The molecule has 2 unspecified atom stereocenters. The quantitative estimate of drug-likeness (QED) is 0.876. The van der Waals surface area contributed by atoms with Crippen molar-refractivity contribution in [2.45, 2.75) is 33.7 Å². The summed E-state index contributed by atoms with van der Waals surface area (Å²) in [7, 11) is -0.818. The summed E-state index contributed by atoms with van der Waals surface area (Å²) in [6.45, 7) is 8.33. The van der Waals surface area contributed by atoms with Crippen LogP contribution in [-0.2, 0) is 10.8 Å². The zero-order chi connectivity index (χ0) is 13.0. The molecule has 0 heterocycles. The highest BCUT2D eigenvalue weighted by molar-refractivity contribution is 7.85. The molecular formula is C14H23NOS. The Kier molecular flexibility index (Phi) is 5.34. The maximum Gasteiger partial charge on any atom is 0.0428 e. The van der Waals surface area contributed by atoms with Crippen molar-refractivity contribution in [3.05, 3.63) is 34.9 Å². The number of hydrogen-bond donors (Lipinski definition) is 1. The van der Waals surface area contributed by atoms with Crippen molar-refractivity contribution in [1.82, 2.24) is 0 Å². The molecule has 0 saturated heterocycles. The first kappa shape index (κ1) is 14.4. The molecule has 0 spiro atoms. The van der Waals surface area contributed by atoms with Crippen LogP contribution >= 0.6 is 0 Å². The van der Waals surface area contributed by atoms with Crippen LogP contribution in [0, 0.1) is 19.8 Å². The van der Waals surface area contributed by atoms with E-state index in [1.54, 1.807) is 0 Å². The topological polar surface area (TPSA) is 43.1 Å². The summed E-state index contributed by atoms with van der Waals surface area (Å²) in [4.78, 5) is 0. The van der Waals surface area contributed by atoms with Gasteiger partial charge in [0, 0.05) is 28.3 Å². The van der Waals surface area contributed by atoms with Crippen LogP contribution in [0.5, 0.6) is 0 Å². The van der Waals surface area contributed by atoms with Gasteiger partial charge in [-0.2, -0.15) is 0 Å². The van der Waals surface area contributed by atoms with Gasteiger partial charge in [0.25, 0.3) is 0 Å². The molecule has 0 aliphatic rings. The Hall–Kier alpha value is -0.670. The van der Waals surface area contributed by atoms with E-state index >= 15 is 0 Å². The number of rotatable bonds is 5. The highest BCUT2D eigenvalue weighted by atomic mass is 32.2. The van der Waals surface area contributed by atoms with Crippen LogP contribution in [0.3, 0.4) is 0 Å². The van der Waals surface area contributed by atoms with Crippen molar-refractivity contribution >= 4 is 10.8 Å². The van der Waals surface area contributed by atoms with E-state index in [1.165, 1.54) is 11.1 Å². The maximum atomic E-state index is 11.8. The van der Waals surface area contributed by atoms with Crippen LogP contribution in [0.15, 0.2) is 18.2 Å². The second-order valence-corrected chi connectivity index (χ2v) is 6.66. The molecule has 0 bridgehead atoms. The second kappa shape index (κ2) is 6.31. The van der Waals surface area contributed by atoms with Gasteiger partial charge in [0.1, 0.15) is 0 Å². The van der Waals surface area contributed by atoms with Crippen molar-refractivity contribution in [3.63, 3.8) is 0 Å². The van der Waals surface area contributed by atoms with Crippen molar-refractivity contribution in [2.75, 3.05) is 11.5 Å². The van der Waals surface area contributed by atoms with Gasteiger partial charge in [0.15, 0.2) is 0 Å². The lowest BCUT2D eigenvalue weighted by Crippen LogP contribution is -2.21. The van der Waals surface area contributed by atoms with Gasteiger partial charge in [0.2, 0.25) is 0 Å². The van der Waals surface area contributed by atoms with Gasteiger partial charge < -0.3 is 5.73 Å². The Balaban J connectivity index is 2.66. The molecule has 0 aromatic heterocycles. The van der Waals surface area contributed by atoms with Crippen molar-refractivity contribution in [2.24, 2.45) is 11.7 Å². The molecule has 2 N–H and O–H groups in total. The minimum absolute atomic E-state index is 0.117. The molecule has 1 aromatic rings. The fourth-order valence-corrected chi connectivity index (χ4v) is 3.20. The van der Waals surface area contributed by atoms with Crippen molar-refractivity contribution < 1.29 is 4.21 Å². The van der Waals surface area contributed by atoms with Gasteiger partial charge in [-0.15, -0.1) is 0 Å². The lowest BCUT2D eigenvalue weighted by Gasteiger charge is -2.14. The van der Waals surface area contributed by atoms with E-state index in [0.29, 0.717) is 11.7 Å². The van der Waals surface area contributed by atoms with Crippen LogP contribution in [0.1, 0.15) is 36.6 Å². The third kappa shape index (κ3) is 4.60. The van der Waals surface area contributed by atoms with Crippen LogP contribution in [-0.4, -0.2) is 15.7 Å². The zero-order valence-electron chi connectivity index (χ0n) is 11.2. The molecule has 0 amide bonds. The number of hydrogen-bond acceptors (Lipinski definition) is 2. The predicted octanol–water partition coefficient (Wildman–Crippen LogP) is 2.71. The molecule has 1 aromatic carbocycles. The van der Waals surface area contributed by atoms with Gasteiger partial charge in [-0.1, -0.05) is 32.0 Å². The normalized spacial score (nSPS) is 14.9. The molecule has 2 atom stereocenters. The van der Waals surface area contributed by atoms with Gasteiger partial charge in [-0.05, 0) is 36.5 Å². The molecule has 1 rings (SSSR count). The van der Waals surface area contributed by atoms with E-state index in [1.807, 2.05) is 6.07 Å². The average molecular weight is 253 g/mol. The Morgan fingerprint density at radius 1 is 1.18 bits per heavy atom. The highest BCUT2D eigenvalue weighted by Gasteiger charge is 2.12. The molecule has 0 radical (unpaired) electrons. The maximum absolute atomic E-state index is 11.8. The minimum Gasteiger partial charge on any atom is -0.323 e. The van der Waals surface area contributed by atoms with Gasteiger partial charge in [0.05, 0.1) is 0 Å². The summed E-state index contributed by atoms with van der Waals surface area (Å²) in [5.74, 6) is 1.75. The zero-order valence-corrected chi connectivity index (χ0v) is 12.0. The number of benzene rings is 1. The lowest BCUT2D eigenvalue weighted by atomic mass is 10.0. The van der Waals surface area contributed by atoms with Crippen LogP contribution in [0.4, 0.5) is 0 Å². The molecule has 2 nitrogen and oxygen atoms in total. The largest absolute Gasteiger partial charge is 0.323 e. The standard InChI is InChI=1S/C14H23NOS/c1-10(2)8-17(16)9-14(15)13-6-5-11(3)12(4)7-13/h5-7,10,14H,8-9,15H2,1-4H3. The molecule has 0 aliphatic carbocycles. The molecular weight excluding hydrogens is 230 g/mol. The Labute approximate surface area is 107 Å². The van der Waals surface area contributed by atoms with Crippen molar-refractivity contribution in [1.29, 1.82) is 0 Å². The van der Waals surface area contributed by atoms with E-state index in [0.717, 1.165) is 11.3 Å². The summed E-state index contributed by atoms with van der Waals surface area (Å²) in [5.41, 5.74) is 9.70. The van der Waals surface area contributed by atoms with E-state index in [9.17, 15) is 4.21 Å². The highest BCUT2D eigenvalue weighted by Crippen LogP contribution is 2.16. The predicted molar refractivity (Wildman–Crippen MR) is 75.6 cm³/mol. The van der Waals surface area contributed by atoms with Crippen LogP contribution in [0.25, 0.3) is 0 Å². The lowest BCUT2D eigenvalue weighted by molar-refractivity contribution is 0.657. The van der Waals surface area contributed by atoms with Crippen molar-refractivity contribution in [3.8, 4) is 0 Å². The van der Waals surface area contributed by atoms with Crippen LogP contribution < -0.4 is 5.73 Å². The number of aryl methyl sites for hydroxylation is 2. The fraction of sp³-hybridized carbons (Fsp3) is 0.571. The molecule has 0 saturated carbocycles. The van der Waals surface area contributed by atoms with E-state index in [-0.39, 0.29) is 6.04 Å². The molecule has 0 aliphatic heterocycles. The minimum atomic E-state index is -0.818. The Bertz CT molecular complexity index is 401. The van der Waals surface area contributed by atoms with Crippen LogP contribution in [0.2, 0.25) is 0 Å². The first-order valence-corrected chi connectivity index (χ1v) is 7.56.